The van der Waals surface area contributed by atoms with Crippen LogP contribution in [0.2, 0.25) is 5.02 Å². The highest BCUT2D eigenvalue weighted by molar-refractivity contribution is 7.92. The summed E-state index contributed by atoms with van der Waals surface area (Å²) in [6.07, 6.45) is 0. The normalized spacial score (nSPS) is 11.7. The molecule has 0 aliphatic carbocycles. The zero-order valence-corrected chi connectivity index (χ0v) is 27.2. The van der Waals surface area contributed by atoms with E-state index in [0.29, 0.717) is 49.7 Å². The minimum atomic E-state index is -4.09. The number of aromatic nitrogens is 2. The largest absolute Gasteiger partial charge is 0.369 e. The Morgan fingerprint density at radius 3 is 2.21 bits per heavy atom. The van der Waals surface area contributed by atoms with Gasteiger partial charge < -0.3 is 26.6 Å². The van der Waals surface area contributed by atoms with Gasteiger partial charge in [0.05, 0.1) is 37.1 Å². The predicted octanol–water partition coefficient (Wildman–Crippen LogP) is 5.10. The monoisotopic (exact) mass is 704 g/mol. The molecule has 0 atom stereocenters. The van der Waals surface area contributed by atoms with Gasteiger partial charge in [-0.2, -0.15) is 8.42 Å². The molecular formula is C31H25ClN8O6S2. The number of pyridine rings is 1. The molecule has 17 heteroatoms. The van der Waals surface area contributed by atoms with Gasteiger partial charge in [-0.15, -0.1) is 4.40 Å². The zero-order chi connectivity index (χ0) is 34.2. The first-order valence-corrected chi connectivity index (χ1v) is 17.2. The Balaban J connectivity index is 1.33. The Hall–Kier alpha value is -5.71. The first kappa shape index (κ1) is 32.2. The Labute approximate surface area is 278 Å². The fourth-order valence-electron chi connectivity index (χ4n) is 4.84. The average Bonchev–Trinajstić information content (AvgIpc) is 3.44. The minimum Gasteiger partial charge on any atom is -0.369 e. The van der Waals surface area contributed by atoms with E-state index in [2.05, 4.69) is 24.9 Å². The number of carbonyl (C=O) groups excluding carboxylic acids is 1. The van der Waals surface area contributed by atoms with Crippen LogP contribution in [0, 0.1) is 6.92 Å². The molecule has 0 bridgehead atoms. The van der Waals surface area contributed by atoms with E-state index in [9.17, 15) is 21.6 Å². The van der Waals surface area contributed by atoms with Crippen molar-refractivity contribution in [3.63, 3.8) is 0 Å². The summed E-state index contributed by atoms with van der Waals surface area (Å²) in [4.78, 5) is 18.2. The SMILES string of the molecule is Cc1cc(NS(=O)(=O)c2ccc(NC(=O)c3ccc(Cl)c4c(Nc5ccc(S(=O)(=O)N=C(N)N)cc5)c5ccccc5nc34)cc2)no1. The quantitative estimate of drug-likeness (QED) is 0.0756. The molecule has 0 saturated heterocycles. The lowest BCUT2D eigenvalue weighted by molar-refractivity contribution is 0.102. The summed E-state index contributed by atoms with van der Waals surface area (Å²) in [6, 6.07) is 23.1. The van der Waals surface area contributed by atoms with E-state index in [1.165, 1.54) is 60.7 Å². The van der Waals surface area contributed by atoms with E-state index >= 15 is 0 Å². The number of benzene rings is 4. The van der Waals surface area contributed by atoms with Crippen LogP contribution in [0.5, 0.6) is 0 Å². The molecule has 0 radical (unpaired) electrons. The standard InChI is InChI=1S/C31H25ClN8O6S2/c1-17-16-26(38-46-17)39-47(42,43)20-12-8-19(9-13-20)36-30(41)23-14-15-24(32)27-28(22-4-2-3-5-25(22)37-29(23)27)35-18-6-10-21(11-7-18)48(44,45)40-31(33)34/h2-16H,1H3,(H,35,37)(H,36,41)(H,38,39)(H4,33,34,40). The van der Waals surface area contributed by atoms with Crippen LogP contribution in [0.3, 0.4) is 0 Å². The van der Waals surface area contributed by atoms with E-state index in [4.69, 9.17) is 32.6 Å². The molecule has 0 fully saturated rings. The molecule has 4 aromatic carbocycles. The molecule has 1 amide bonds. The predicted molar refractivity (Wildman–Crippen MR) is 183 cm³/mol. The van der Waals surface area contributed by atoms with Gasteiger partial charge in [0.2, 0.25) is 5.96 Å². The number of sulfonamides is 2. The van der Waals surface area contributed by atoms with Gasteiger partial charge in [-0.1, -0.05) is 35.0 Å². The van der Waals surface area contributed by atoms with Crippen molar-refractivity contribution in [2.24, 2.45) is 15.9 Å². The molecule has 0 unspecified atom stereocenters. The van der Waals surface area contributed by atoms with Gasteiger partial charge in [-0.05, 0) is 73.7 Å². The maximum atomic E-state index is 13.6. The first-order chi connectivity index (χ1) is 22.8. The number of nitrogens with one attached hydrogen (secondary N) is 3. The molecular weight excluding hydrogens is 680 g/mol. The molecule has 6 rings (SSSR count). The summed E-state index contributed by atoms with van der Waals surface area (Å²) in [6.45, 7) is 1.63. The number of guanidine groups is 1. The first-order valence-electron chi connectivity index (χ1n) is 13.9. The van der Waals surface area contributed by atoms with Crippen LogP contribution in [0.25, 0.3) is 21.8 Å². The van der Waals surface area contributed by atoms with Gasteiger partial charge >= 0.3 is 0 Å². The molecule has 0 aliphatic heterocycles. The molecule has 244 valence electrons. The van der Waals surface area contributed by atoms with Gasteiger partial charge in [-0.25, -0.2) is 13.4 Å². The Morgan fingerprint density at radius 2 is 1.54 bits per heavy atom. The van der Waals surface area contributed by atoms with Crippen molar-refractivity contribution < 1.29 is 26.2 Å². The summed E-state index contributed by atoms with van der Waals surface area (Å²) < 4.78 is 60.9. The smallest absolute Gasteiger partial charge is 0.285 e. The average molecular weight is 705 g/mol. The molecule has 14 nitrogen and oxygen atoms in total. The van der Waals surface area contributed by atoms with Crippen molar-refractivity contribution in [1.29, 1.82) is 0 Å². The number of aryl methyl sites for hydroxylation is 1. The number of rotatable bonds is 9. The van der Waals surface area contributed by atoms with Gasteiger partial charge in [0.25, 0.3) is 26.0 Å². The van der Waals surface area contributed by atoms with Crippen LogP contribution >= 0.6 is 11.6 Å². The second-order valence-electron chi connectivity index (χ2n) is 10.4. The summed E-state index contributed by atoms with van der Waals surface area (Å²) >= 11 is 6.72. The van der Waals surface area contributed by atoms with Crippen LogP contribution in [-0.4, -0.2) is 38.8 Å². The number of para-hydroxylation sites is 1. The fraction of sp³-hybridized carbons (Fsp3) is 0.0323. The molecule has 0 spiro atoms. The van der Waals surface area contributed by atoms with Crippen LogP contribution in [0.4, 0.5) is 22.9 Å². The zero-order valence-electron chi connectivity index (χ0n) is 24.8. The maximum Gasteiger partial charge on any atom is 0.285 e. The number of anilines is 4. The number of hydrogen-bond acceptors (Lipinski definition) is 9. The van der Waals surface area contributed by atoms with E-state index in [-0.39, 0.29) is 21.2 Å². The lowest BCUT2D eigenvalue weighted by atomic mass is 10.0. The minimum absolute atomic E-state index is 0.0428. The Kier molecular flexibility index (Phi) is 8.38. The van der Waals surface area contributed by atoms with Crippen molar-refractivity contribution >= 4 is 88.2 Å². The second-order valence-corrected chi connectivity index (χ2v) is 14.1. The van der Waals surface area contributed by atoms with Crippen molar-refractivity contribution in [2.45, 2.75) is 16.7 Å². The highest BCUT2D eigenvalue weighted by Crippen LogP contribution is 2.39. The lowest BCUT2D eigenvalue weighted by Gasteiger charge is -2.16. The summed E-state index contributed by atoms with van der Waals surface area (Å²) in [5, 5.41) is 11.2. The van der Waals surface area contributed by atoms with Crippen molar-refractivity contribution in [3.05, 3.63) is 107 Å². The van der Waals surface area contributed by atoms with Crippen molar-refractivity contribution in [2.75, 3.05) is 15.4 Å². The van der Waals surface area contributed by atoms with Crippen LogP contribution in [0.1, 0.15) is 16.1 Å². The number of halogens is 1. The number of fused-ring (bicyclic) bond motifs is 2. The highest BCUT2D eigenvalue weighted by atomic mass is 35.5. The molecule has 2 aromatic heterocycles. The number of hydrogen-bond donors (Lipinski definition) is 5. The number of carbonyl (C=O) groups is 1. The molecule has 6 aromatic rings. The second kappa shape index (κ2) is 12.5. The van der Waals surface area contributed by atoms with Gasteiger partial charge in [-0.3, -0.25) is 9.52 Å². The van der Waals surface area contributed by atoms with Gasteiger partial charge in [0.1, 0.15) is 5.76 Å². The van der Waals surface area contributed by atoms with E-state index in [1.807, 2.05) is 12.1 Å². The van der Waals surface area contributed by atoms with Crippen LogP contribution < -0.4 is 26.8 Å². The topological polar surface area (TPSA) is 225 Å². The molecule has 0 saturated carbocycles. The number of amides is 1. The molecule has 7 N–H and O–H groups in total. The summed E-state index contributed by atoms with van der Waals surface area (Å²) in [7, 11) is -8.05. The van der Waals surface area contributed by atoms with Crippen LogP contribution in [0.15, 0.2) is 110 Å². The van der Waals surface area contributed by atoms with Gasteiger partial charge in [0, 0.05) is 28.2 Å². The number of nitrogens with two attached hydrogens (primary N) is 2. The van der Waals surface area contributed by atoms with E-state index in [0.717, 1.165) is 0 Å². The Morgan fingerprint density at radius 1 is 0.875 bits per heavy atom. The van der Waals surface area contributed by atoms with E-state index < -0.39 is 31.9 Å². The van der Waals surface area contributed by atoms with Crippen molar-refractivity contribution in [1.82, 2.24) is 10.1 Å². The number of nitrogens with zero attached hydrogens (tertiary/aromatic N) is 3. The lowest BCUT2D eigenvalue weighted by Crippen LogP contribution is -2.24. The van der Waals surface area contributed by atoms with Crippen molar-refractivity contribution in [3.8, 4) is 0 Å². The van der Waals surface area contributed by atoms with Gasteiger partial charge in [0.15, 0.2) is 5.82 Å². The maximum absolute atomic E-state index is 13.6. The summed E-state index contributed by atoms with van der Waals surface area (Å²) in [5.74, 6) is -0.622. The highest BCUT2D eigenvalue weighted by Gasteiger charge is 2.21. The van der Waals surface area contributed by atoms with Crippen LogP contribution in [-0.2, 0) is 20.0 Å². The molecule has 48 heavy (non-hydrogen) atoms. The summed E-state index contributed by atoms with van der Waals surface area (Å²) in [5.41, 5.74) is 12.9. The third kappa shape index (κ3) is 6.57. The third-order valence-corrected chi connectivity index (χ3v) is 9.97. The fourth-order valence-corrected chi connectivity index (χ4v) is 6.94. The molecule has 2 heterocycles. The third-order valence-electron chi connectivity index (χ3n) is 6.96. The molecule has 0 aliphatic rings. The Bertz CT molecular complexity index is 2460. The van der Waals surface area contributed by atoms with E-state index in [1.54, 1.807) is 25.1 Å².